The lowest BCUT2D eigenvalue weighted by Crippen LogP contribution is -2.34. The van der Waals surface area contributed by atoms with E-state index in [1.54, 1.807) is 49.4 Å². The van der Waals surface area contributed by atoms with Crippen molar-refractivity contribution >= 4 is 57.3 Å². The number of oxazole rings is 1. The molecule has 0 atom stereocenters. The van der Waals surface area contributed by atoms with Gasteiger partial charge in [0.25, 0.3) is 11.6 Å². The number of nitro groups is 1. The van der Waals surface area contributed by atoms with E-state index in [0.29, 0.717) is 33.3 Å². The van der Waals surface area contributed by atoms with Gasteiger partial charge in [0.05, 0.1) is 4.92 Å². The Morgan fingerprint density at radius 3 is 2.59 bits per heavy atom. The fourth-order valence-corrected chi connectivity index (χ4v) is 3.38. The minimum absolute atomic E-state index is 0.0579. The van der Waals surface area contributed by atoms with Gasteiger partial charge in [0.2, 0.25) is 5.89 Å². The van der Waals surface area contributed by atoms with Crippen LogP contribution in [0.1, 0.15) is 15.9 Å². The Labute approximate surface area is 192 Å². The molecule has 1 aromatic heterocycles. The summed E-state index contributed by atoms with van der Waals surface area (Å²) in [5.41, 5.74) is 3.15. The minimum atomic E-state index is -0.549. The number of benzene rings is 3. The molecule has 8 nitrogen and oxygen atoms in total. The van der Waals surface area contributed by atoms with Crippen LogP contribution in [0.25, 0.3) is 22.6 Å². The second-order valence-corrected chi connectivity index (χ2v) is 7.72. The molecule has 1 amide bonds. The third-order valence-corrected chi connectivity index (χ3v) is 5.07. The average molecular weight is 467 g/mol. The lowest BCUT2D eigenvalue weighted by molar-refractivity contribution is -0.385. The zero-order chi connectivity index (χ0) is 22.8. The smallest absolute Gasteiger partial charge is 0.273 e. The number of hydrogen-bond acceptors (Lipinski definition) is 6. The molecule has 10 heteroatoms. The summed E-state index contributed by atoms with van der Waals surface area (Å²) in [4.78, 5) is 27.4. The summed E-state index contributed by atoms with van der Waals surface area (Å²) in [6.45, 7) is 1.60. The highest BCUT2D eigenvalue weighted by molar-refractivity contribution is 7.80. The monoisotopic (exact) mass is 466 g/mol. The Hall–Kier alpha value is -3.82. The van der Waals surface area contributed by atoms with Crippen molar-refractivity contribution in [2.45, 2.75) is 6.92 Å². The van der Waals surface area contributed by atoms with Gasteiger partial charge in [-0.25, -0.2) is 4.98 Å². The molecule has 1 heterocycles. The van der Waals surface area contributed by atoms with E-state index in [4.69, 9.17) is 28.2 Å². The van der Waals surface area contributed by atoms with E-state index in [0.717, 1.165) is 5.56 Å². The van der Waals surface area contributed by atoms with Crippen molar-refractivity contribution in [2.24, 2.45) is 0 Å². The predicted octanol–water partition coefficient (Wildman–Crippen LogP) is 5.49. The number of hydrogen-bond donors (Lipinski definition) is 2. The van der Waals surface area contributed by atoms with Crippen LogP contribution in [0.3, 0.4) is 0 Å². The number of nitrogens with one attached hydrogen (secondary N) is 2. The molecule has 0 radical (unpaired) electrons. The Balaban J connectivity index is 1.43. The van der Waals surface area contributed by atoms with Gasteiger partial charge in [-0.2, -0.15) is 0 Å². The Morgan fingerprint density at radius 2 is 1.88 bits per heavy atom. The number of rotatable bonds is 4. The highest BCUT2D eigenvalue weighted by Crippen LogP contribution is 2.27. The molecule has 32 heavy (non-hydrogen) atoms. The summed E-state index contributed by atoms with van der Waals surface area (Å²) in [5, 5.41) is 17.1. The van der Waals surface area contributed by atoms with Gasteiger partial charge >= 0.3 is 0 Å². The minimum Gasteiger partial charge on any atom is -0.436 e. The highest BCUT2D eigenvalue weighted by Gasteiger charge is 2.16. The standard InChI is InChI=1S/C22H15ClN4O4S/c1-12-2-3-14(10-18(12)27(29)30)20(28)26-22(32)24-16-7-4-13(5-8-16)21-25-17-11-15(23)6-9-19(17)31-21/h2-11H,1H3,(H2,24,26,28,32). The zero-order valence-electron chi connectivity index (χ0n) is 16.6. The maximum atomic E-state index is 12.4. The number of fused-ring (bicyclic) bond motifs is 1. The van der Waals surface area contributed by atoms with Gasteiger partial charge in [-0.15, -0.1) is 0 Å². The third kappa shape index (κ3) is 4.58. The van der Waals surface area contributed by atoms with Gasteiger partial charge < -0.3 is 9.73 Å². The number of amides is 1. The van der Waals surface area contributed by atoms with Crippen molar-refractivity contribution in [1.29, 1.82) is 0 Å². The first-order chi connectivity index (χ1) is 15.3. The maximum Gasteiger partial charge on any atom is 0.273 e. The second kappa shape index (κ2) is 8.74. The van der Waals surface area contributed by atoms with E-state index >= 15 is 0 Å². The number of carbonyl (C=O) groups is 1. The van der Waals surface area contributed by atoms with Gasteiger partial charge in [0, 0.05) is 33.5 Å². The maximum absolute atomic E-state index is 12.4. The van der Waals surface area contributed by atoms with E-state index in [1.807, 2.05) is 0 Å². The lowest BCUT2D eigenvalue weighted by atomic mass is 10.1. The van der Waals surface area contributed by atoms with E-state index in [2.05, 4.69) is 15.6 Å². The molecule has 4 rings (SSSR count). The van der Waals surface area contributed by atoms with Gasteiger partial charge in [0.1, 0.15) is 5.52 Å². The van der Waals surface area contributed by atoms with Crippen LogP contribution >= 0.6 is 23.8 Å². The molecule has 3 aromatic carbocycles. The summed E-state index contributed by atoms with van der Waals surface area (Å²) in [5.74, 6) is -0.0991. The molecule has 0 aliphatic heterocycles. The number of aromatic nitrogens is 1. The van der Waals surface area contributed by atoms with E-state index < -0.39 is 10.8 Å². The number of thiocarbonyl (C=S) groups is 1. The predicted molar refractivity (Wildman–Crippen MR) is 126 cm³/mol. The molecule has 0 saturated heterocycles. The molecule has 0 aliphatic rings. The lowest BCUT2D eigenvalue weighted by Gasteiger charge is -2.10. The van der Waals surface area contributed by atoms with Crippen LogP contribution in [0.4, 0.5) is 11.4 Å². The number of nitro benzene ring substituents is 1. The van der Waals surface area contributed by atoms with E-state index in [1.165, 1.54) is 18.2 Å². The molecule has 0 fully saturated rings. The molecule has 0 saturated carbocycles. The third-order valence-electron chi connectivity index (χ3n) is 4.63. The molecule has 0 bridgehead atoms. The molecule has 160 valence electrons. The van der Waals surface area contributed by atoms with Crippen LogP contribution in [0.5, 0.6) is 0 Å². The van der Waals surface area contributed by atoms with E-state index in [9.17, 15) is 14.9 Å². The van der Waals surface area contributed by atoms with E-state index in [-0.39, 0.29) is 16.4 Å². The summed E-state index contributed by atoms with van der Waals surface area (Å²) in [6.07, 6.45) is 0. The van der Waals surface area contributed by atoms with Crippen LogP contribution in [0, 0.1) is 17.0 Å². The quantitative estimate of drug-likeness (QED) is 0.232. The molecule has 0 unspecified atom stereocenters. The molecule has 0 aliphatic carbocycles. The van der Waals surface area contributed by atoms with Crippen LogP contribution in [0.15, 0.2) is 65.1 Å². The number of aryl methyl sites for hydroxylation is 1. The van der Waals surface area contributed by atoms with Crippen molar-refractivity contribution < 1.29 is 14.1 Å². The molecular weight excluding hydrogens is 452 g/mol. The van der Waals surface area contributed by atoms with Crippen LogP contribution < -0.4 is 10.6 Å². The van der Waals surface area contributed by atoms with Gasteiger partial charge in [-0.1, -0.05) is 17.7 Å². The van der Waals surface area contributed by atoms with Crippen molar-refractivity contribution in [1.82, 2.24) is 10.3 Å². The summed E-state index contributed by atoms with van der Waals surface area (Å²) in [7, 11) is 0. The van der Waals surface area contributed by atoms with Gasteiger partial charge in [0.15, 0.2) is 10.7 Å². The highest BCUT2D eigenvalue weighted by atomic mass is 35.5. The van der Waals surface area contributed by atoms with Gasteiger partial charge in [-0.05, 0) is 67.7 Å². The fraction of sp³-hybridized carbons (Fsp3) is 0.0455. The molecular formula is C22H15ClN4O4S. The average Bonchev–Trinajstić information content (AvgIpc) is 3.17. The Bertz CT molecular complexity index is 1370. The summed E-state index contributed by atoms with van der Waals surface area (Å²) < 4.78 is 5.75. The zero-order valence-corrected chi connectivity index (χ0v) is 18.2. The number of halogens is 1. The van der Waals surface area contributed by atoms with Crippen molar-refractivity contribution in [3.8, 4) is 11.5 Å². The Kier molecular flexibility index (Phi) is 5.85. The van der Waals surface area contributed by atoms with Crippen LogP contribution in [-0.2, 0) is 0 Å². The first-order valence-corrected chi connectivity index (χ1v) is 10.1. The van der Waals surface area contributed by atoms with Crippen LogP contribution in [0.2, 0.25) is 5.02 Å². The second-order valence-electron chi connectivity index (χ2n) is 6.88. The summed E-state index contributed by atoms with van der Waals surface area (Å²) in [6, 6.07) is 16.6. The topological polar surface area (TPSA) is 110 Å². The molecule has 4 aromatic rings. The van der Waals surface area contributed by atoms with Gasteiger partial charge in [-0.3, -0.25) is 20.2 Å². The number of anilines is 1. The van der Waals surface area contributed by atoms with Crippen molar-refractivity contribution in [3.63, 3.8) is 0 Å². The molecule has 2 N–H and O–H groups in total. The first-order valence-electron chi connectivity index (χ1n) is 9.34. The Morgan fingerprint density at radius 1 is 1.12 bits per heavy atom. The van der Waals surface area contributed by atoms with Crippen molar-refractivity contribution in [2.75, 3.05) is 5.32 Å². The number of carbonyl (C=O) groups excluding carboxylic acids is 1. The normalized spacial score (nSPS) is 10.7. The van der Waals surface area contributed by atoms with Crippen LogP contribution in [-0.4, -0.2) is 20.9 Å². The van der Waals surface area contributed by atoms with Crippen molar-refractivity contribution in [3.05, 3.63) is 86.9 Å². The fourth-order valence-electron chi connectivity index (χ4n) is 3.01. The SMILES string of the molecule is Cc1ccc(C(=O)NC(=S)Nc2ccc(-c3nc4cc(Cl)ccc4o3)cc2)cc1[N+](=O)[O-]. The summed E-state index contributed by atoms with van der Waals surface area (Å²) >= 11 is 11.2. The molecule has 0 spiro atoms. The first kappa shape index (κ1) is 21.4. The largest absolute Gasteiger partial charge is 0.436 e. The number of nitrogens with zero attached hydrogens (tertiary/aromatic N) is 2.